The van der Waals surface area contributed by atoms with Crippen LogP contribution in [0.1, 0.15) is 40.2 Å². The van der Waals surface area contributed by atoms with Crippen LogP contribution in [0.4, 0.5) is 0 Å². The van der Waals surface area contributed by atoms with Crippen molar-refractivity contribution in [1.82, 2.24) is 10.6 Å². The summed E-state index contributed by atoms with van der Waals surface area (Å²) in [5, 5.41) is 6.18. The summed E-state index contributed by atoms with van der Waals surface area (Å²) in [5.41, 5.74) is 1.06. The predicted octanol–water partition coefficient (Wildman–Crippen LogP) is 2.72. The molecule has 4 nitrogen and oxygen atoms in total. The van der Waals surface area contributed by atoms with Gasteiger partial charge in [0.25, 0.3) is 0 Å². The van der Waals surface area contributed by atoms with Crippen LogP contribution in [0.15, 0.2) is 24.3 Å². The molecule has 0 bridgehead atoms. The highest BCUT2D eigenvalue weighted by Crippen LogP contribution is 2.19. The van der Waals surface area contributed by atoms with Crippen LogP contribution in [0, 0.1) is 5.92 Å². The summed E-state index contributed by atoms with van der Waals surface area (Å²) in [6.45, 7) is 11.4. The average molecular weight is 292 g/mol. The first-order valence-electron chi connectivity index (χ1n) is 7.65. The first-order valence-corrected chi connectivity index (χ1v) is 7.65. The second kappa shape index (κ2) is 8.67. The van der Waals surface area contributed by atoms with Crippen molar-refractivity contribution in [2.45, 2.75) is 53.3 Å². The van der Waals surface area contributed by atoms with Gasteiger partial charge in [0.05, 0.1) is 12.1 Å². The van der Waals surface area contributed by atoms with E-state index in [-0.39, 0.29) is 18.1 Å². The molecule has 0 radical (unpaired) electrons. The van der Waals surface area contributed by atoms with Gasteiger partial charge in [-0.1, -0.05) is 32.0 Å². The molecule has 1 unspecified atom stereocenters. The molecule has 0 saturated heterocycles. The van der Waals surface area contributed by atoms with Gasteiger partial charge in [0, 0.05) is 18.7 Å². The summed E-state index contributed by atoms with van der Waals surface area (Å²) in [4.78, 5) is 11.9. The van der Waals surface area contributed by atoms with Gasteiger partial charge >= 0.3 is 0 Å². The number of ether oxygens (including phenoxy) is 1. The van der Waals surface area contributed by atoms with Gasteiger partial charge in [-0.25, -0.2) is 0 Å². The van der Waals surface area contributed by atoms with Crippen LogP contribution in [-0.4, -0.2) is 24.6 Å². The largest absolute Gasteiger partial charge is 0.491 e. The fourth-order valence-electron chi connectivity index (χ4n) is 1.83. The molecule has 1 atom stereocenters. The van der Waals surface area contributed by atoms with E-state index >= 15 is 0 Å². The number of benzene rings is 1. The van der Waals surface area contributed by atoms with E-state index in [0.29, 0.717) is 19.0 Å². The number of carbonyl (C=O) groups excluding carboxylic acids is 1. The molecule has 0 heterocycles. The number of hydrogen-bond donors (Lipinski definition) is 2. The van der Waals surface area contributed by atoms with Crippen LogP contribution in [0.2, 0.25) is 0 Å². The molecule has 0 fully saturated rings. The lowest BCUT2D eigenvalue weighted by atomic mass is 10.1. The quantitative estimate of drug-likeness (QED) is 0.774. The molecular formula is C17H28N2O2. The molecule has 1 aromatic carbocycles. The molecule has 1 aromatic rings. The average Bonchev–Trinajstić information content (AvgIpc) is 2.42. The summed E-state index contributed by atoms with van der Waals surface area (Å²) in [5.74, 6) is 1.36. The fourth-order valence-corrected chi connectivity index (χ4v) is 1.83. The maximum Gasteiger partial charge on any atom is 0.236 e. The standard InChI is InChI=1S/C17H28N2O2/c1-12(2)10-19-17(20)14(5)18-11-15-8-6-7-9-16(15)21-13(3)4/h6-9,12-14,18H,10-11H2,1-5H3,(H,19,20). The molecule has 1 rings (SSSR count). The zero-order valence-corrected chi connectivity index (χ0v) is 13.8. The zero-order chi connectivity index (χ0) is 15.8. The second-order valence-corrected chi connectivity index (χ2v) is 6.02. The highest BCUT2D eigenvalue weighted by atomic mass is 16.5. The van der Waals surface area contributed by atoms with Gasteiger partial charge in [0.2, 0.25) is 5.91 Å². The lowest BCUT2D eigenvalue weighted by Crippen LogP contribution is -2.43. The van der Waals surface area contributed by atoms with E-state index in [1.807, 2.05) is 45.0 Å². The van der Waals surface area contributed by atoms with Gasteiger partial charge in [-0.2, -0.15) is 0 Å². The summed E-state index contributed by atoms with van der Waals surface area (Å²) in [6, 6.07) is 7.69. The Morgan fingerprint density at radius 1 is 1.14 bits per heavy atom. The summed E-state index contributed by atoms with van der Waals surface area (Å²) < 4.78 is 5.78. The molecule has 21 heavy (non-hydrogen) atoms. The predicted molar refractivity (Wildman–Crippen MR) is 86.4 cm³/mol. The zero-order valence-electron chi connectivity index (χ0n) is 13.8. The van der Waals surface area contributed by atoms with Crippen molar-refractivity contribution in [3.8, 4) is 5.75 Å². The lowest BCUT2D eigenvalue weighted by Gasteiger charge is -2.18. The Morgan fingerprint density at radius 3 is 2.43 bits per heavy atom. The van der Waals surface area contributed by atoms with Gasteiger partial charge in [0.1, 0.15) is 5.75 Å². The molecule has 0 aliphatic rings. The van der Waals surface area contributed by atoms with Gasteiger partial charge in [0.15, 0.2) is 0 Å². The molecule has 0 aliphatic heterocycles. The maximum atomic E-state index is 11.9. The van der Waals surface area contributed by atoms with Crippen molar-refractivity contribution >= 4 is 5.91 Å². The van der Waals surface area contributed by atoms with Crippen LogP contribution in [0.3, 0.4) is 0 Å². The van der Waals surface area contributed by atoms with E-state index in [9.17, 15) is 4.79 Å². The van der Waals surface area contributed by atoms with Gasteiger partial charge in [-0.3, -0.25) is 4.79 Å². The Hall–Kier alpha value is -1.55. The third-order valence-electron chi connectivity index (χ3n) is 3.01. The Labute approximate surface area is 128 Å². The summed E-state index contributed by atoms with van der Waals surface area (Å²) in [7, 11) is 0. The molecule has 0 saturated carbocycles. The number of rotatable bonds is 8. The number of hydrogen-bond acceptors (Lipinski definition) is 3. The third kappa shape index (κ3) is 6.63. The minimum atomic E-state index is -0.226. The monoisotopic (exact) mass is 292 g/mol. The van der Waals surface area contributed by atoms with E-state index in [1.165, 1.54) is 0 Å². The van der Waals surface area contributed by atoms with Gasteiger partial charge < -0.3 is 15.4 Å². The minimum absolute atomic E-state index is 0.0333. The van der Waals surface area contributed by atoms with Crippen molar-refractivity contribution in [3.63, 3.8) is 0 Å². The number of nitrogens with one attached hydrogen (secondary N) is 2. The van der Waals surface area contributed by atoms with Crippen LogP contribution in [-0.2, 0) is 11.3 Å². The summed E-state index contributed by atoms with van der Waals surface area (Å²) >= 11 is 0. The third-order valence-corrected chi connectivity index (χ3v) is 3.01. The second-order valence-electron chi connectivity index (χ2n) is 6.02. The SMILES string of the molecule is CC(C)CNC(=O)C(C)NCc1ccccc1OC(C)C. The number of carbonyl (C=O) groups is 1. The van der Waals surface area contributed by atoms with Gasteiger partial charge in [-0.15, -0.1) is 0 Å². The van der Waals surface area contributed by atoms with E-state index in [2.05, 4.69) is 24.5 Å². The molecule has 0 aromatic heterocycles. The molecule has 4 heteroatoms. The first kappa shape index (κ1) is 17.5. The fraction of sp³-hybridized carbons (Fsp3) is 0.588. The van der Waals surface area contributed by atoms with Crippen LogP contribution < -0.4 is 15.4 Å². The Kier molecular flexibility index (Phi) is 7.23. The molecule has 2 N–H and O–H groups in total. The highest BCUT2D eigenvalue weighted by Gasteiger charge is 2.13. The Bertz CT molecular complexity index is 444. The Morgan fingerprint density at radius 2 is 1.81 bits per heavy atom. The van der Waals surface area contributed by atoms with E-state index in [1.54, 1.807) is 0 Å². The number of para-hydroxylation sites is 1. The summed E-state index contributed by atoms with van der Waals surface area (Å²) in [6.07, 6.45) is 0.137. The first-order chi connectivity index (χ1) is 9.90. The minimum Gasteiger partial charge on any atom is -0.491 e. The van der Waals surface area contributed by atoms with Crippen molar-refractivity contribution in [2.24, 2.45) is 5.92 Å². The smallest absolute Gasteiger partial charge is 0.236 e. The van der Waals surface area contributed by atoms with Crippen molar-refractivity contribution in [1.29, 1.82) is 0 Å². The molecule has 1 amide bonds. The van der Waals surface area contributed by atoms with Crippen LogP contribution in [0.5, 0.6) is 5.75 Å². The normalized spacial score (nSPS) is 12.5. The van der Waals surface area contributed by atoms with E-state index < -0.39 is 0 Å². The Balaban J connectivity index is 2.52. The van der Waals surface area contributed by atoms with Crippen molar-refractivity contribution in [2.75, 3.05) is 6.54 Å². The highest BCUT2D eigenvalue weighted by molar-refractivity contribution is 5.81. The van der Waals surface area contributed by atoms with Crippen LogP contribution >= 0.6 is 0 Å². The van der Waals surface area contributed by atoms with Crippen molar-refractivity contribution < 1.29 is 9.53 Å². The molecular weight excluding hydrogens is 264 g/mol. The topological polar surface area (TPSA) is 50.4 Å². The lowest BCUT2D eigenvalue weighted by molar-refractivity contribution is -0.122. The maximum absolute atomic E-state index is 11.9. The van der Waals surface area contributed by atoms with Crippen LogP contribution in [0.25, 0.3) is 0 Å². The molecule has 0 spiro atoms. The number of amides is 1. The van der Waals surface area contributed by atoms with E-state index in [4.69, 9.17) is 4.74 Å². The van der Waals surface area contributed by atoms with Crippen molar-refractivity contribution in [3.05, 3.63) is 29.8 Å². The van der Waals surface area contributed by atoms with E-state index in [0.717, 1.165) is 11.3 Å². The van der Waals surface area contributed by atoms with Gasteiger partial charge in [-0.05, 0) is 32.8 Å². The molecule has 118 valence electrons. The molecule has 0 aliphatic carbocycles.